The highest BCUT2D eigenvalue weighted by molar-refractivity contribution is 7.90. The van der Waals surface area contributed by atoms with Crippen molar-refractivity contribution in [1.82, 2.24) is 4.57 Å². The summed E-state index contributed by atoms with van der Waals surface area (Å²) >= 11 is 0. The van der Waals surface area contributed by atoms with Gasteiger partial charge in [-0.2, -0.15) is 10.3 Å². The summed E-state index contributed by atoms with van der Waals surface area (Å²) in [4.78, 5) is 15.3. The van der Waals surface area contributed by atoms with E-state index in [2.05, 4.69) is 4.99 Å². The Morgan fingerprint density at radius 1 is 1.26 bits per heavy atom. The van der Waals surface area contributed by atoms with Crippen LogP contribution < -0.4 is 11.5 Å². The Kier molecular flexibility index (Phi) is 4.20. The van der Waals surface area contributed by atoms with Gasteiger partial charge in [0.05, 0.1) is 21.7 Å². The summed E-state index contributed by atoms with van der Waals surface area (Å²) in [6.07, 6.45) is 4.27. The summed E-state index contributed by atoms with van der Waals surface area (Å²) < 4.78 is 25.6. The first-order valence-electron chi connectivity index (χ1n) is 6.29. The number of carbonyl (C=O) groups excluding carboxylic acids is 1. The number of nitrogens with zero attached hydrogens (tertiary/aromatic N) is 3. The zero-order chi connectivity index (χ0) is 17.2. The van der Waals surface area contributed by atoms with E-state index in [1.54, 1.807) is 24.5 Å². The van der Waals surface area contributed by atoms with Gasteiger partial charge in [0.15, 0.2) is 15.8 Å². The predicted molar refractivity (Wildman–Crippen MR) is 83.7 cm³/mol. The molecule has 1 amide bonds. The number of aromatic nitrogens is 1. The first-order valence-corrected chi connectivity index (χ1v) is 8.18. The maximum absolute atomic E-state index is 12.1. The highest BCUT2D eigenvalue weighted by atomic mass is 32.2. The SMILES string of the molecule is CS(=O)(=O)c1cc(C(=O)N=C(N)N)c(C#N)cc1-n1cccc1. The van der Waals surface area contributed by atoms with Crippen molar-refractivity contribution >= 4 is 21.7 Å². The van der Waals surface area contributed by atoms with Crippen LogP contribution in [0, 0.1) is 11.3 Å². The topological polar surface area (TPSA) is 144 Å². The highest BCUT2D eigenvalue weighted by Gasteiger charge is 2.21. The third kappa shape index (κ3) is 3.38. The van der Waals surface area contributed by atoms with Crippen LogP contribution in [0.15, 0.2) is 46.5 Å². The van der Waals surface area contributed by atoms with Gasteiger partial charge >= 0.3 is 0 Å². The van der Waals surface area contributed by atoms with Gasteiger partial charge in [-0.05, 0) is 24.3 Å². The second-order valence-corrected chi connectivity index (χ2v) is 6.67. The molecule has 23 heavy (non-hydrogen) atoms. The lowest BCUT2D eigenvalue weighted by atomic mass is 10.1. The Hall–Kier alpha value is -3.12. The summed E-state index contributed by atoms with van der Waals surface area (Å²) in [5.41, 5.74) is 10.4. The lowest BCUT2D eigenvalue weighted by molar-refractivity contribution is 0.100. The van der Waals surface area contributed by atoms with E-state index in [-0.39, 0.29) is 21.7 Å². The fourth-order valence-electron chi connectivity index (χ4n) is 2.01. The summed E-state index contributed by atoms with van der Waals surface area (Å²) in [5.74, 6) is -1.36. The fourth-order valence-corrected chi connectivity index (χ4v) is 2.89. The van der Waals surface area contributed by atoms with Crippen LogP contribution in [0.5, 0.6) is 0 Å². The van der Waals surface area contributed by atoms with Gasteiger partial charge in [-0.3, -0.25) is 4.79 Å². The molecule has 1 aromatic heterocycles. The Balaban J connectivity index is 2.81. The third-order valence-corrected chi connectivity index (χ3v) is 4.09. The number of carbonyl (C=O) groups is 1. The summed E-state index contributed by atoms with van der Waals surface area (Å²) in [6, 6.07) is 7.68. The van der Waals surface area contributed by atoms with Crippen molar-refractivity contribution in [1.29, 1.82) is 5.26 Å². The maximum Gasteiger partial charge on any atom is 0.281 e. The van der Waals surface area contributed by atoms with Crippen LogP contribution in [-0.4, -0.2) is 31.1 Å². The lowest BCUT2D eigenvalue weighted by Gasteiger charge is -2.12. The number of hydrogen-bond donors (Lipinski definition) is 2. The zero-order valence-corrected chi connectivity index (χ0v) is 12.9. The van der Waals surface area contributed by atoms with E-state index in [4.69, 9.17) is 11.5 Å². The maximum atomic E-state index is 12.1. The molecule has 0 spiro atoms. The molecule has 1 heterocycles. The van der Waals surface area contributed by atoms with E-state index in [1.807, 2.05) is 6.07 Å². The molecule has 8 nitrogen and oxygen atoms in total. The average Bonchev–Trinajstić information content (AvgIpc) is 2.98. The molecule has 0 fully saturated rings. The minimum atomic E-state index is -3.66. The minimum absolute atomic E-state index is 0.0314. The van der Waals surface area contributed by atoms with Crippen molar-refractivity contribution in [3.8, 4) is 11.8 Å². The monoisotopic (exact) mass is 331 g/mol. The van der Waals surface area contributed by atoms with Crippen LogP contribution in [-0.2, 0) is 9.84 Å². The molecular weight excluding hydrogens is 318 g/mol. The quantitative estimate of drug-likeness (QED) is 0.605. The molecular formula is C14H13N5O3S. The molecule has 1 aromatic carbocycles. The summed E-state index contributed by atoms with van der Waals surface area (Å²) in [7, 11) is -3.66. The van der Waals surface area contributed by atoms with E-state index in [0.717, 1.165) is 12.3 Å². The molecule has 0 aliphatic heterocycles. The predicted octanol–water partition coefficient (Wildman–Crippen LogP) is 0.166. The van der Waals surface area contributed by atoms with Crippen LogP contribution in [0.2, 0.25) is 0 Å². The fraction of sp³-hybridized carbons (Fsp3) is 0.0714. The van der Waals surface area contributed by atoms with Gasteiger partial charge in [-0.1, -0.05) is 0 Å². The largest absolute Gasteiger partial charge is 0.370 e. The molecule has 2 rings (SSSR count). The number of aliphatic imine (C=N–C) groups is 1. The van der Waals surface area contributed by atoms with E-state index < -0.39 is 21.7 Å². The number of amides is 1. The molecule has 9 heteroatoms. The second kappa shape index (κ2) is 5.94. The van der Waals surface area contributed by atoms with Gasteiger partial charge < -0.3 is 16.0 Å². The average molecular weight is 331 g/mol. The molecule has 0 saturated heterocycles. The van der Waals surface area contributed by atoms with Gasteiger partial charge in [0, 0.05) is 18.6 Å². The second-order valence-electron chi connectivity index (χ2n) is 4.68. The zero-order valence-electron chi connectivity index (χ0n) is 12.1. The molecule has 0 aliphatic carbocycles. The molecule has 4 N–H and O–H groups in total. The van der Waals surface area contributed by atoms with E-state index in [9.17, 15) is 18.5 Å². The summed E-state index contributed by atoms with van der Waals surface area (Å²) in [5, 5.41) is 9.25. The number of nitrogens with two attached hydrogens (primary N) is 2. The van der Waals surface area contributed by atoms with Crippen molar-refractivity contribution in [3.63, 3.8) is 0 Å². The van der Waals surface area contributed by atoms with Gasteiger partial charge in [0.2, 0.25) is 0 Å². The van der Waals surface area contributed by atoms with Crippen molar-refractivity contribution in [2.75, 3.05) is 6.26 Å². The van der Waals surface area contributed by atoms with E-state index in [1.165, 1.54) is 10.6 Å². The standard InChI is InChI=1S/C14H13N5O3S/c1-23(21,22)12-7-10(13(20)18-14(16)17)9(8-15)6-11(12)19-4-2-3-5-19/h2-7H,1H3,(H4,16,17,18,20). The van der Waals surface area contributed by atoms with Gasteiger partial charge in [-0.15, -0.1) is 0 Å². The number of guanidine groups is 1. The Morgan fingerprint density at radius 2 is 1.87 bits per heavy atom. The Labute approximate surface area is 132 Å². The Bertz CT molecular complexity index is 934. The number of sulfone groups is 1. The van der Waals surface area contributed by atoms with Crippen LogP contribution >= 0.6 is 0 Å². The molecule has 0 aliphatic rings. The van der Waals surface area contributed by atoms with Crippen molar-refractivity contribution < 1.29 is 13.2 Å². The summed E-state index contributed by atoms with van der Waals surface area (Å²) in [6.45, 7) is 0. The molecule has 0 radical (unpaired) electrons. The first kappa shape index (κ1) is 16.3. The van der Waals surface area contributed by atoms with Crippen molar-refractivity contribution in [2.24, 2.45) is 16.5 Å². The molecule has 118 valence electrons. The molecule has 0 bridgehead atoms. The van der Waals surface area contributed by atoms with Gasteiger partial charge in [0.25, 0.3) is 5.91 Å². The third-order valence-electron chi connectivity index (χ3n) is 2.96. The van der Waals surface area contributed by atoms with Crippen LogP contribution in [0.4, 0.5) is 0 Å². The van der Waals surface area contributed by atoms with Crippen LogP contribution in [0.3, 0.4) is 0 Å². The normalized spacial score (nSPS) is 10.8. The molecule has 0 unspecified atom stereocenters. The van der Waals surface area contributed by atoms with Crippen LogP contribution in [0.1, 0.15) is 15.9 Å². The lowest BCUT2D eigenvalue weighted by Crippen LogP contribution is -2.24. The number of rotatable bonds is 3. The van der Waals surface area contributed by atoms with E-state index in [0.29, 0.717) is 0 Å². The number of nitriles is 1. The smallest absolute Gasteiger partial charge is 0.281 e. The highest BCUT2D eigenvalue weighted by Crippen LogP contribution is 2.25. The minimum Gasteiger partial charge on any atom is -0.370 e. The van der Waals surface area contributed by atoms with Crippen molar-refractivity contribution in [3.05, 3.63) is 47.8 Å². The van der Waals surface area contributed by atoms with E-state index >= 15 is 0 Å². The molecule has 2 aromatic rings. The Morgan fingerprint density at radius 3 is 2.35 bits per heavy atom. The number of benzene rings is 1. The van der Waals surface area contributed by atoms with Gasteiger partial charge in [0.1, 0.15) is 6.07 Å². The van der Waals surface area contributed by atoms with Gasteiger partial charge in [-0.25, -0.2) is 8.42 Å². The van der Waals surface area contributed by atoms with Crippen molar-refractivity contribution in [2.45, 2.75) is 4.90 Å². The molecule has 0 atom stereocenters. The number of hydrogen-bond acceptors (Lipinski definition) is 4. The first-order chi connectivity index (χ1) is 10.7. The molecule has 0 saturated carbocycles. The van der Waals surface area contributed by atoms with Crippen LogP contribution in [0.25, 0.3) is 5.69 Å².